The number of fused-ring (bicyclic) bond motifs is 1. The number of rotatable bonds is 6. The van der Waals surface area contributed by atoms with Crippen LogP contribution in [-0.4, -0.2) is 86.7 Å². The van der Waals surface area contributed by atoms with E-state index in [4.69, 9.17) is 21.3 Å². The molecule has 0 radical (unpaired) electrons. The van der Waals surface area contributed by atoms with E-state index in [0.717, 1.165) is 47.7 Å². The second-order valence-electron chi connectivity index (χ2n) is 11.2. The number of halogens is 1. The summed E-state index contributed by atoms with van der Waals surface area (Å²) in [5.74, 6) is 1.51. The molecule has 1 aliphatic heterocycles. The molecule has 1 aromatic carbocycles. The minimum atomic E-state index is -0.482. The molecule has 0 spiro atoms. The van der Waals surface area contributed by atoms with Gasteiger partial charge in [0.25, 0.3) is 0 Å². The van der Waals surface area contributed by atoms with Gasteiger partial charge < -0.3 is 19.5 Å². The number of hydrogen-bond donors (Lipinski definition) is 1. The number of carbonyl (C=O) groups excluding carboxylic acids is 1. The summed E-state index contributed by atoms with van der Waals surface area (Å²) in [5.41, 5.74) is 5.00. The van der Waals surface area contributed by atoms with E-state index >= 15 is 0 Å². The number of nitrogens with zero attached hydrogens (tertiary/aromatic N) is 7. The molecular weight excluding hydrogens is 528 g/mol. The maximum atomic E-state index is 12.4. The predicted octanol–water partition coefficient (Wildman–Crippen LogP) is 4.78. The highest BCUT2D eigenvalue weighted by atomic mass is 35.5. The van der Waals surface area contributed by atoms with Crippen LogP contribution in [0.5, 0.6) is 0 Å². The van der Waals surface area contributed by atoms with Gasteiger partial charge in [0.15, 0.2) is 5.82 Å². The van der Waals surface area contributed by atoms with E-state index in [-0.39, 0.29) is 6.09 Å². The lowest BCUT2D eigenvalue weighted by atomic mass is 10.1. The average Bonchev–Trinajstić information content (AvgIpc) is 3.29. The van der Waals surface area contributed by atoms with Gasteiger partial charge in [-0.05, 0) is 50.6 Å². The zero-order valence-electron chi connectivity index (χ0n) is 23.6. The van der Waals surface area contributed by atoms with Crippen LogP contribution in [-0.2, 0) is 17.7 Å². The number of pyridine rings is 1. The summed E-state index contributed by atoms with van der Waals surface area (Å²) in [6.07, 6.45) is 3.72. The van der Waals surface area contributed by atoms with Gasteiger partial charge in [-0.15, -0.1) is 0 Å². The highest BCUT2D eigenvalue weighted by molar-refractivity contribution is 6.35. The first kappa shape index (κ1) is 27.8. The first-order chi connectivity index (χ1) is 19.1. The number of hydrogen-bond acceptors (Lipinski definition) is 8. The largest absolute Gasteiger partial charge is 0.444 e. The van der Waals surface area contributed by atoms with E-state index in [1.54, 1.807) is 4.90 Å². The van der Waals surface area contributed by atoms with Crippen molar-refractivity contribution in [3.05, 3.63) is 65.0 Å². The Labute approximate surface area is 239 Å². The molecule has 1 fully saturated rings. The van der Waals surface area contributed by atoms with Gasteiger partial charge in [-0.2, -0.15) is 0 Å². The van der Waals surface area contributed by atoms with Crippen molar-refractivity contribution in [1.82, 2.24) is 34.7 Å². The molecule has 0 bridgehead atoms. The van der Waals surface area contributed by atoms with Gasteiger partial charge in [0.2, 0.25) is 0 Å². The molecule has 0 saturated carbocycles. The lowest BCUT2D eigenvalue weighted by molar-refractivity contribution is 0.0139. The van der Waals surface area contributed by atoms with Gasteiger partial charge in [0.05, 0.1) is 16.7 Å². The van der Waals surface area contributed by atoms with Crippen molar-refractivity contribution < 1.29 is 9.53 Å². The minimum Gasteiger partial charge on any atom is -0.444 e. The van der Waals surface area contributed by atoms with Crippen molar-refractivity contribution in [2.75, 3.05) is 45.2 Å². The average molecular weight is 563 g/mol. The van der Waals surface area contributed by atoms with E-state index in [1.165, 1.54) is 11.9 Å². The Morgan fingerprint density at radius 3 is 2.58 bits per heavy atom. The fourth-order valence-electron chi connectivity index (χ4n) is 4.74. The Balaban J connectivity index is 1.24. The normalized spacial score (nSPS) is 14.5. The van der Waals surface area contributed by atoms with Gasteiger partial charge in [-0.3, -0.25) is 9.88 Å². The number of aromatic nitrogens is 5. The van der Waals surface area contributed by atoms with Gasteiger partial charge in [0.1, 0.15) is 22.8 Å². The van der Waals surface area contributed by atoms with Crippen molar-refractivity contribution >= 4 is 34.5 Å². The first-order valence-electron chi connectivity index (χ1n) is 13.4. The van der Waals surface area contributed by atoms with Crippen molar-refractivity contribution in [2.45, 2.75) is 39.3 Å². The zero-order chi connectivity index (χ0) is 28.4. The fourth-order valence-corrected chi connectivity index (χ4v) is 5.11. The molecule has 1 aliphatic rings. The molecule has 40 heavy (non-hydrogen) atoms. The van der Waals surface area contributed by atoms with E-state index in [9.17, 15) is 4.79 Å². The summed E-state index contributed by atoms with van der Waals surface area (Å²) in [4.78, 5) is 39.8. The van der Waals surface area contributed by atoms with Gasteiger partial charge >= 0.3 is 6.09 Å². The van der Waals surface area contributed by atoms with Crippen molar-refractivity contribution in [1.29, 1.82) is 0 Å². The lowest BCUT2D eigenvalue weighted by Gasteiger charge is -2.35. The number of piperazine rings is 1. The Kier molecular flexibility index (Phi) is 7.91. The molecule has 1 saturated heterocycles. The molecule has 1 amide bonds. The van der Waals surface area contributed by atoms with E-state index in [0.29, 0.717) is 36.0 Å². The number of benzene rings is 1. The number of ether oxygens (including phenoxy) is 1. The van der Waals surface area contributed by atoms with E-state index in [2.05, 4.69) is 30.9 Å². The van der Waals surface area contributed by atoms with Crippen molar-refractivity contribution in [2.24, 2.45) is 0 Å². The molecule has 4 heterocycles. The monoisotopic (exact) mass is 562 g/mol. The zero-order valence-corrected chi connectivity index (χ0v) is 24.4. The summed E-state index contributed by atoms with van der Waals surface area (Å²) >= 11 is 6.60. The summed E-state index contributed by atoms with van der Waals surface area (Å²) in [7, 11) is 3.80. The van der Waals surface area contributed by atoms with E-state index in [1.807, 2.05) is 70.2 Å². The number of imidazole rings is 1. The second-order valence-corrected chi connectivity index (χ2v) is 11.6. The Morgan fingerprint density at radius 1 is 1.07 bits per heavy atom. The van der Waals surface area contributed by atoms with Crippen LogP contribution in [0.15, 0.2) is 42.9 Å². The SMILES string of the molecule is CN(C)c1ncnc(-c2ccc3nc(Cc4cc(CN5CCN(C(=O)OC(C)(C)C)CC5)ccn4)[nH]c3c2)c1Cl. The number of H-pyrrole nitrogens is 1. The molecule has 0 aliphatic carbocycles. The van der Waals surface area contributed by atoms with Gasteiger partial charge in [-0.25, -0.2) is 19.7 Å². The Morgan fingerprint density at radius 2 is 1.85 bits per heavy atom. The number of nitrogens with one attached hydrogen (secondary N) is 1. The summed E-state index contributed by atoms with van der Waals surface area (Å²) in [6.45, 7) is 9.39. The molecular formula is C29H35ClN8O2. The Bertz CT molecular complexity index is 1510. The molecule has 4 aromatic rings. The highest BCUT2D eigenvalue weighted by Gasteiger charge is 2.26. The fraction of sp³-hybridized carbons (Fsp3) is 0.414. The summed E-state index contributed by atoms with van der Waals surface area (Å²) < 4.78 is 5.51. The quantitative estimate of drug-likeness (QED) is 0.358. The standard InChI is InChI=1S/C29H35ClN8O2/c1-29(2,3)40-28(39)38-12-10-37(11-13-38)17-19-8-9-31-21(14-19)16-24-34-22-7-6-20(15-23(22)35-24)26-25(30)27(36(4)5)33-18-32-26/h6-9,14-15,18H,10-13,16-17H2,1-5H3,(H,34,35). The van der Waals surface area contributed by atoms with Crippen LogP contribution in [0.1, 0.15) is 37.9 Å². The Hall–Kier alpha value is -3.76. The van der Waals surface area contributed by atoms with Gasteiger partial charge in [0, 0.05) is 70.7 Å². The van der Waals surface area contributed by atoms with Crippen LogP contribution in [0.2, 0.25) is 5.02 Å². The summed E-state index contributed by atoms with van der Waals surface area (Å²) in [5, 5.41) is 0.513. The number of aromatic amines is 1. The molecule has 11 heteroatoms. The maximum absolute atomic E-state index is 12.4. The molecule has 5 rings (SSSR count). The van der Waals surface area contributed by atoms with Crippen LogP contribution in [0.25, 0.3) is 22.3 Å². The first-order valence-corrected chi connectivity index (χ1v) is 13.7. The number of carbonyl (C=O) groups is 1. The number of anilines is 1. The molecule has 10 nitrogen and oxygen atoms in total. The molecule has 0 atom stereocenters. The molecule has 1 N–H and O–H groups in total. The third-order valence-electron chi connectivity index (χ3n) is 6.66. The maximum Gasteiger partial charge on any atom is 0.410 e. The minimum absolute atomic E-state index is 0.241. The summed E-state index contributed by atoms with van der Waals surface area (Å²) in [6, 6.07) is 10.1. The van der Waals surface area contributed by atoms with E-state index < -0.39 is 5.60 Å². The highest BCUT2D eigenvalue weighted by Crippen LogP contribution is 2.32. The topological polar surface area (TPSA) is 103 Å². The molecule has 210 valence electrons. The second kappa shape index (κ2) is 11.4. The van der Waals surface area contributed by atoms with Crippen LogP contribution in [0.4, 0.5) is 10.6 Å². The number of amides is 1. The smallest absolute Gasteiger partial charge is 0.410 e. The lowest BCUT2D eigenvalue weighted by Crippen LogP contribution is -2.49. The molecule has 3 aromatic heterocycles. The van der Waals surface area contributed by atoms with Gasteiger partial charge in [-0.1, -0.05) is 17.7 Å². The van der Waals surface area contributed by atoms with Crippen LogP contribution >= 0.6 is 11.6 Å². The third kappa shape index (κ3) is 6.51. The van der Waals surface area contributed by atoms with Crippen LogP contribution in [0, 0.1) is 0 Å². The molecule has 0 unspecified atom stereocenters. The van der Waals surface area contributed by atoms with Crippen molar-refractivity contribution in [3.8, 4) is 11.3 Å². The third-order valence-corrected chi connectivity index (χ3v) is 7.01. The van der Waals surface area contributed by atoms with Crippen LogP contribution < -0.4 is 4.90 Å². The predicted molar refractivity (Wildman–Crippen MR) is 157 cm³/mol. The van der Waals surface area contributed by atoms with Crippen LogP contribution in [0.3, 0.4) is 0 Å². The van der Waals surface area contributed by atoms with Crippen molar-refractivity contribution in [3.63, 3.8) is 0 Å².